The van der Waals surface area contributed by atoms with E-state index in [1.54, 1.807) is 12.1 Å². The average Bonchev–Trinajstić information content (AvgIpc) is 2.44. The van der Waals surface area contributed by atoms with E-state index in [1.807, 2.05) is 38.1 Å². The zero-order chi connectivity index (χ0) is 16.3. The number of rotatable bonds is 4. The summed E-state index contributed by atoms with van der Waals surface area (Å²) in [5.74, 6) is 0. The van der Waals surface area contributed by atoms with Crippen LogP contribution in [0, 0.1) is 6.92 Å². The van der Waals surface area contributed by atoms with Crippen LogP contribution in [-0.2, 0) is 6.42 Å². The Morgan fingerprint density at radius 1 is 1.30 bits per heavy atom. The molecule has 0 atom stereocenters. The number of halogens is 2. The van der Waals surface area contributed by atoms with Gasteiger partial charge in [0, 0.05) is 5.69 Å². The van der Waals surface area contributed by atoms with Crippen molar-refractivity contribution in [3.05, 3.63) is 52.5 Å². The Bertz CT molecular complexity index is 706. The lowest BCUT2D eigenvalue weighted by Gasteiger charge is -2.26. The van der Waals surface area contributed by atoms with E-state index in [-0.39, 0.29) is 12.4 Å². The molecule has 0 saturated heterocycles. The number of hydrogen-bond acceptors (Lipinski definition) is 3. The van der Waals surface area contributed by atoms with Crippen LogP contribution >= 0.6 is 24.0 Å². The molecule has 2 amide bonds. The summed E-state index contributed by atoms with van der Waals surface area (Å²) < 4.78 is 0. The van der Waals surface area contributed by atoms with Crippen molar-refractivity contribution < 1.29 is 4.79 Å². The first kappa shape index (κ1) is 18.9. The molecule has 2 rings (SSSR count). The maximum Gasteiger partial charge on any atom is 0.338 e. The molecule has 5 nitrogen and oxygen atoms in total. The number of amides is 2. The second-order valence-corrected chi connectivity index (χ2v) is 5.43. The van der Waals surface area contributed by atoms with Crippen molar-refractivity contribution in [3.63, 3.8) is 0 Å². The van der Waals surface area contributed by atoms with Gasteiger partial charge in [-0.15, -0.1) is 12.4 Å². The first-order valence-corrected chi connectivity index (χ1v) is 7.31. The van der Waals surface area contributed by atoms with Gasteiger partial charge in [-0.05, 0) is 48.7 Å². The number of hydrogen-bond donors (Lipinski definition) is 3. The number of anilines is 3. The highest BCUT2D eigenvalue weighted by atomic mass is 35.5. The summed E-state index contributed by atoms with van der Waals surface area (Å²) in [4.78, 5) is 11.9. The van der Waals surface area contributed by atoms with E-state index in [0.29, 0.717) is 22.8 Å². The Labute approximate surface area is 147 Å². The van der Waals surface area contributed by atoms with Crippen molar-refractivity contribution in [2.24, 2.45) is 5.73 Å². The van der Waals surface area contributed by atoms with Crippen molar-refractivity contribution in [2.75, 3.05) is 16.2 Å². The fourth-order valence-corrected chi connectivity index (χ4v) is 2.60. The van der Waals surface area contributed by atoms with Crippen molar-refractivity contribution in [2.45, 2.75) is 20.3 Å². The van der Waals surface area contributed by atoms with Gasteiger partial charge in [-0.3, -0.25) is 5.43 Å². The molecule has 5 N–H and O–H groups in total. The number of aryl methyl sites for hydroxylation is 2. The summed E-state index contributed by atoms with van der Waals surface area (Å²) in [6.45, 7) is 3.92. The topological polar surface area (TPSA) is 84.4 Å². The van der Waals surface area contributed by atoms with Gasteiger partial charge in [-0.1, -0.05) is 30.7 Å². The van der Waals surface area contributed by atoms with Gasteiger partial charge in [-0.2, -0.15) is 0 Å². The highest BCUT2D eigenvalue weighted by Gasteiger charge is 2.20. The van der Waals surface area contributed by atoms with Crippen LogP contribution < -0.4 is 21.9 Å². The third-order valence-corrected chi connectivity index (χ3v) is 3.54. The normalized spacial score (nSPS) is 9.87. The van der Waals surface area contributed by atoms with E-state index in [1.165, 1.54) is 5.01 Å². The Hall–Kier alpha value is -2.11. The molecular weight excluding hydrogens is 335 g/mol. The van der Waals surface area contributed by atoms with E-state index in [9.17, 15) is 4.79 Å². The average molecular weight is 355 g/mol. The summed E-state index contributed by atoms with van der Waals surface area (Å²) in [6.07, 6.45) is 0.666. The van der Waals surface area contributed by atoms with Crippen molar-refractivity contribution in [1.29, 1.82) is 0 Å². The van der Waals surface area contributed by atoms with Gasteiger partial charge in [0.2, 0.25) is 0 Å². The molecule has 0 aromatic heterocycles. The molecule has 23 heavy (non-hydrogen) atoms. The van der Waals surface area contributed by atoms with Crippen LogP contribution in [0.3, 0.4) is 0 Å². The minimum absolute atomic E-state index is 0. The maximum atomic E-state index is 11.9. The van der Waals surface area contributed by atoms with Crippen LogP contribution in [0.4, 0.5) is 21.9 Å². The van der Waals surface area contributed by atoms with Crippen LogP contribution in [0.5, 0.6) is 0 Å². The number of nitrogens with two attached hydrogens (primary N) is 2. The second kappa shape index (κ2) is 7.94. The number of hydrazine groups is 1. The van der Waals surface area contributed by atoms with E-state index < -0.39 is 6.03 Å². The van der Waals surface area contributed by atoms with E-state index in [0.717, 1.165) is 16.8 Å². The van der Waals surface area contributed by atoms with Gasteiger partial charge < -0.3 is 11.5 Å². The lowest BCUT2D eigenvalue weighted by Crippen LogP contribution is -2.41. The molecule has 2 aromatic carbocycles. The number of nitrogens with one attached hydrogen (secondary N) is 1. The molecule has 0 aliphatic rings. The van der Waals surface area contributed by atoms with Gasteiger partial charge in [0.15, 0.2) is 0 Å². The van der Waals surface area contributed by atoms with Gasteiger partial charge in [0.25, 0.3) is 0 Å². The zero-order valence-electron chi connectivity index (χ0n) is 13.0. The highest BCUT2D eigenvalue weighted by Crippen LogP contribution is 2.33. The molecule has 0 unspecified atom stereocenters. The van der Waals surface area contributed by atoms with Gasteiger partial charge >= 0.3 is 6.03 Å². The number of carbonyl (C=O) groups excluding carboxylic acids is 1. The van der Waals surface area contributed by atoms with Crippen LogP contribution in [0.25, 0.3) is 0 Å². The van der Waals surface area contributed by atoms with Crippen LogP contribution in [0.15, 0.2) is 36.4 Å². The molecule has 124 valence electrons. The lowest BCUT2D eigenvalue weighted by atomic mass is 10.1. The van der Waals surface area contributed by atoms with E-state index in [2.05, 4.69) is 5.43 Å². The summed E-state index contributed by atoms with van der Waals surface area (Å²) in [5, 5.41) is 1.62. The molecule has 0 spiro atoms. The SMILES string of the molecule is CCc1cc(N)cc(Cl)c1N(Nc1cccc(C)c1)C(N)=O.Cl. The summed E-state index contributed by atoms with van der Waals surface area (Å²) >= 11 is 6.28. The van der Waals surface area contributed by atoms with Gasteiger partial charge in [-0.25, -0.2) is 9.80 Å². The number of carbonyl (C=O) groups is 1. The molecule has 0 radical (unpaired) electrons. The summed E-state index contributed by atoms with van der Waals surface area (Å²) in [5.41, 5.74) is 18.0. The third kappa shape index (κ3) is 4.43. The van der Waals surface area contributed by atoms with Crippen molar-refractivity contribution >= 4 is 47.1 Å². The van der Waals surface area contributed by atoms with Crippen molar-refractivity contribution in [3.8, 4) is 0 Å². The first-order valence-electron chi connectivity index (χ1n) is 6.93. The number of benzene rings is 2. The second-order valence-electron chi connectivity index (χ2n) is 5.02. The van der Waals surface area contributed by atoms with Crippen LogP contribution in [0.1, 0.15) is 18.1 Å². The van der Waals surface area contributed by atoms with Gasteiger partial charge in [0.1, 0.15) is 0 Å². The Morgan fingerprint density at radius 2 is 2.00 bits per heavy atom. The number of nitrogen functional groups attached to an aromatic ring is 1. The fourth-order valence-electron chi connectivity index (χ4n) is 2.26. The monoisotopic (exact) mass is 354 g/mol. The van der Waals surface area contributed by atoms with Gasteiger partial charge in [0.05, 0.1) is 16.4 Å². The molecule has 0 aliphatic carbocycles. The Morgan fingerprint density at radius 3 is 2.57 bits per heavy atom. The Kier molecular flexibility index (Phi) is 6.54. The number of nitrogens with zero attached hydrogens (tertiary/aromatic N) is 1. The molecule has 2 aromatic rings. The standard InChI is InChI=1S/C16H19ClN4O.ClH/c1-3-11-8-12(18)9-14(17)15(11)21(16(19)22)20-13-6-4-5-10(2)7-13;/h4-9,20H,3,18H2,1-2H3,(H2,19,22);1H. The predicted octanol–water partition coefficient (Wildman–Crippen LogP) is 4.13. The summed E-state index contributed by atoms with van der Waals surface area (Å²) in [6, 6.07) is 10.4. The maximum absolute atomic E-state index is 11.9. The molecule has 7 heteroatoms. The van der Waals surface area contributed by atoms with E-state index >= 15 is 0 Å². The minimum atomic E-state index is -0.650. The Balaban J connectivity index is 0.00000264. The minimum Gasteiger partial charge on any atom is -0.399 e. The van der Waals surface area contributed by atoms with Crippen LogP contribution in [-0.4, -0.2) is 6.03 Å². The van der Waals surface area contributed by atoms with Crippen molar-refractivity contribution in [1.82, 2.24) is 0 Å². The van der Waals surface area contributed by atoms with E-state index in [4.69, 9.17) is 23.1 Å². The third-order valence-electron chi connectivity index (χ3n) is 3.25. The molecule has 0 heterocycles. The molecule has 0 fully saturated rings. The number of primary amides is 1. The largest absolute Gasteiger partial charge is 0.399 e. The highest BCUT2D eigenvalue weighted by molar-refractivity contribution is 6.34. The molecule has 0 saturated carbocycles. The lowest BCUT2D eigenvalue weighted by molar-refractivity contribution is 0.255. The molecule has 0 bridgehead atoms. The fraction of sp³-hybridized carbons (Fsp3) is 0.188. The number of urea groups is 1. The van der Waals surface area contributed by atoms with Crippen LogP contribution in [0.2, 0.25) is 5.02 Å². The molecular formula is C16H20Cl2N4O. The summed E-state index contributed by atoms with van der Waals surface area (Å²) in [7, 11) is 0. The molecule has 0 aliphatic heterocycles. The smallest absolute Gasteiger partial charge is 0.338 e. The first-order chi connectivity index (χ1) is 10.4. The predicted molar refractivity (Wildman–Crippen MR) is 99.4 cm³/mol. The zero-order valence-corrected chi connectivity index (χ0v) is 14.5. The quantitative estimate of drug-likeness (QED) is 0.570.